The minimum atomic E-state index is -1.54. The van der Waals surface area contributed by atoms with Crippen LogP contribution in [0.1, 0.15) is 58.1 Å². The molecule has 36 heavy (non-hydrogen) atoms. The van der Waals surface area contributed by atoms with Crippen molar-refractivity contribution in [2.45, 2.75) is 66.0 Å². The van der Waals surface area contributed by atoms with Gasteiger partial charge in [0.25, 0.3) is 0 Å². The van der Waals surface area contributed by atoms with Gasteiger partial charge in [0.2, 0.25) is 5.91 Å². The summed E-state index contributed by atoms with van der Waals surface area (Å²) in [5, 5.41) is 9.05. The number of cyclic esters (lactones) is 1. The molecule has 2 rings (SSSR count). The van der Waals surface area contributed by atoms with Crippen LogP contribution in [0.15, 0.2) is 30.3 Å². The van der Waals surface area contributed by atoms with E-state index in [1.165, 1.54) is 6.92 Å². The molecule has 9 heteroatoms. The van der Waals surface area contributed by atoms with Gasteiger partial charge in [-0.2, -0.15) is 0 Å². The fourth-order valence-corrected chi connectivity index (χ4v) is 4.01. The van der Waals surface area contributed by atoms with E-state index in [2.05, 4.69) is 0 Å². The Labute approximate surface area is 211 Å². The lowest BCUT2D eigenvalue weighted by atomic mass is 9.92. The summed E-state index contributed by atoms with van der Waals surface area (Å²) in [6, 6.07) is 6.55. The van der Waals surface area contributed by atoms with Crippen LogP contribution in [0.2, 0.25) is 0 Å². The number of imide groups is 1. The van der Waals surface area contributed by atoms with Gasteiger partial charge in [-0.3, -0.25) is 19.2 Å². The molecule has 196 valence electrons. The second-order valence-corrected chi connectivity index (χ2v) is 9.35. The van der Waals surface area contributed by atoms with Crippen molar-refractivity contribution in [3.8, 4) is 0 Å². The molecule has 0 aliphatic carbocycles. The minimum Gasteiger partial charge on any atom is -0.453 e. The van der Waals surface area contributed by atoms with Crippen molar-refractivity contribution in [1.82, 2.24) is 4.90 Å². The first kappa shape index (κ1) is 28.9. The third-order valence-corrected chi connectivity index (χ3v) is 6.06. The highest BCUT2D eigenvalue weighted by atomic mass is 16.6. The highest BCUT2D eigenvalue weighted by Crippen LogP contribution is 2.26. The van der Waals surface area contributed by atoms with Crippen LogP contribution >= 0.6 is 0 Å². The third kappa shape index (κ3) is 7.34. The number of ketones is 2. The molecule has 1 aromatic carbocycles. The van der Waals surface area contributed by atoms with Crippen molar-refractivity contribution in [2.24, 2.45) is 11.8 Å². The van der Waals surface area contributed by atoms with Crippen molar-refractivity contribution in [1.29, 1.82) is 0 Å². The maximum absolute atomic E-state index is 13.4. The van der Waals surface area contributed by atoms with Crippen molar-refractivity contribution < 1.29 is 38.6 Å². The predicted octanol–water partition coefficient (Wildman–Crippen LogP) is 3.25. The van der Waals surface area contributed by atoms with Crippen molar-refractivity contribution >= 4 is 35.1 Å². The number of aryl methyl sites for hydroxylation is 1. The lowest BCUT2D eigenvalue weighted by Crippen LogP contribution is -2.48. The van der Waals surface area contributed by atoms with Crippen LogP contribution in [-0.4, -0.2) is 64.9 Å². The minimum absolute atomic E-state index is 0.0425. The van der Waals surface area contributed by atoms with E-state index >= 15 is 0 Å². The number of amides is 2. The van der Waals surface area contributed by atoms with Gasteiger partial charge in [0.1, 0.15) is 6.61 Å². The molecule has 1 N–H and O–H groups in total. The van der Waals surface area contributed by atoms with Gasteiger partial charge in [-0.1, -0.05) is 43.7 Å². The van der Waals surface area contributed by atoms with Crippen molar-refractivity contribution in [3.05, 3.63) is 41.5 Å². The van der Waals surface area contributed by atoms with Crippen LogP contribution in [0.4, 0.5) is 4.79 Å². The second kappa shape index (κ2) is 13.1. The number of nitrogens with zero attached hydrogens (tertiary/aromatic N) is 1. The zero-order valence-corrected chi connectivity index (χ0v) is 21.5. The van der Waals surface area contributed by atoms with E-state index in [1.807, 2.05) is 26.8 Å². The van der Waals surface area contributed by atoms with Crippen LogP contribution in [0.25, 0.3) is 5.57 Å². The molecule has 1 heterocycles. The second-order valence-electron chi connectivity index (χ2n) is 9.35. The number of carbonyl (C=O) groups is 5. The van der Waals surface area contributed by atoms with E-state index in [1.54, 1.807) is 18.2 Å². The van der Waals surface area contributed by atoms with Crippen LogP contribution in [0.5, 0.6) is 0 Å². The van der Waals surface area contributed by atoms with Gasteiger partial charge in [0, 0.05) is 25.5 Å². The first-order chi connectivity index (χ1) is 17.0. The zero-order chi connectivity index (χ0) is 27.0. The third-order valence-electron chi connectivity index (χ3n) is 6.06. The fourth-order valence-electron chi connectivity index (χ4n) is 4.01. The number of hydrogen-bond donors (Lipinski definition) is 1. The van der Waals surface area contributed by atoms with Crippen molar-refractivity contribution in [3.63, 3.8) is 0 Å². The summed E-state index contributed by atoms with van der Waals surface area (Å²) in [7, 11) is 0. The molecule has 1 fully saturated rings. The van der Waals surface area contributed by atoms with Crippen LogP contribution in [0, 0.1) is 18.8 Å². The lowest BCUT2D eigenvalue weighted by molar-refractivity contribution is -0.158. The van der Waals surface area contributed by atoms with Gasteiger partial charge in [0.05, 0.1) is 12.0 Å². The molecule has 0 spiro atoms. The average molecular weight is 502 g/mol. The highest BCUT2D eigenvalue weighted by molar-refractivity contribution is 6.25. The average Bonchev–Trinajstić information content (AvgIpc) is 3.21. The van der Waals surface area contributed by atoms with Gasteiger partial charge in [-0.15, -0.1) is 0 Å². The number of unbranched alkanes of at least 4 members (excludes halogenated alkanes) is 1. The number of aliphatic hydroxyl groups is 1. The van der Waals surface area contributed by atoms with Crippen LogP contribution in [0.3, 0.4) is 0 Å². The molecule has 9 nitrogen and oxygen atoms in total. The molecule has 3 atom stereocenters. The number of benzene rings is 1. The molecule has 1 aromatic rings. The molecule has 0 unspecified atom stereocenters. The summed E-state index contributed by atoms with van der Waals surface area (Å²) in [5.41, 5.74) is 1.52. The van der Waals surface area contributed by atoms with E-state index in [9.17, 15) is 24.0 Å². The van der Waals surface area contributed by atoms with Crippen LogP contribution < -0.4 is 0 Å². The number of aliphatic hydroxyl groups excluding tert-OH is 1. The Bertz CT molecular complexity index is 1030. The molecule has 1 aliphatic heterocycles. The summed E-state index contributed by atoms with van der Waals surface area (Å²) in [6.07, 6.45) is -0.268. The Hall–Kier alpha value is -3.33. The molecular weight excluding hydrogens is 466 g/mol. The zero-order valence-electron chi connectivity index (χ0n) is 21.5. The van der Waals surface area contributed by atoms with Gasteiger partial charge in [-0.25, -0.2) is 9.69 Å². The van der Waals surface area contributed by atoms with Gasteiger partial charge in [-0.05, 0) is 44.2 Å². The molecule has 0 saturated carbocycles. The SMILES string of the molecule is CC(=O)O[C@H](C(=O)C=C(C(=O)CCCCO)c1cccc(C)c1)[C@H](C)C(=O)N1C(=O)OC[C@@H]1C(C)C. The first-order valence-electron chi connectivity index (χ1n) is 12.1. The fraction of sp³-hybridized carbons (Fsp3) is 0.519. The number of hydrogen-bond acceptors (Lipinski definition) is 8. The molecule has 0 aromatic heterocycles. The number of esters is 1. The number of rotatable bonds is 12. The van der Waals surface area contributed by atoms with Gasteiger partial charge >= 0.3 is 12.1 Å². The quantitative estimate of drug-likeness (QED) is 0.263. The Kier molecular flexibility index (Phi) is 10.5. The number of ether oxygens (including phenoxy) is 2. The Morgan fingerprint density at radius 2 is 1.89 bits per heavy atom. The first-order valence-corrected chi connectivity index (χ1v) is 12.1. The highest BCUT2D eigenvalue weighted by Gasteiger charge is 2.44. The molecular formula is C27H35NO8. The molecule has 1 saturated heterocycles. The Morgan fingerprint density at radius 1 is 1.19 bits per heavy atom. The lowest BCUT2D eigenvalue weighted by Gasteiger charge is -2.28. The van der Waals surface area contributed by atoms with E-state index < -0.39 is 41.8 Å². The molecule has 2 amide bonds. The van der Waals surface area contributed by atoms with E-state index in [0.717, 1.165) is 23.5 Å². The summed E-state index contributed by atoms with van der Waals surface area (Å²) >= 11 is 0. The Morgan fingerprint density at radius 3 is 2.47 bits per heavy atom. The largest absolute Gasteiger partial charge is 0.453 e. The van der Waals surface area contributed by atoms with E-state index in [0.29, 0.717) is 18.4 Å². The summed E-state index contributed by atoms with van der Waals surface area (Å²) in [5.74, 6) is -3.82. The topological polar surface area (TPSA) is 127 Å². The maximum Gasteiger partial charge on any atom is 0.416 e. The summed E-state index contributed by atoms with van der Waals surface area (Å²) in [6.45, 7) is 8.03. The number of Topliss-reactive ketones (excluding diaryl/α,β-unsaturated/α-hetero) is 1. The molecule has 1 aliphatic rings. The van der Waals surface area contributed by atoms with Gasteiger partial charge < -0.3 is 14.6 Å². The van der Waals surface area contributed by atoms with Crippen molar-refractivity contribution in [2.75, 3.05) is 13.2 Å². The normalized spacial score (nSPS) is 17.5. The Balaban J connectivity index is 2.43. The monoisotopic (exact) mass is 501 g/mol. The molecule has 0 bridgehead atoms. The maximum atomic E-state index is 13.4. The smallest absolute Gasteiger partial charge is 0.416 e. The van der Waals surface area contributed by atoms with Gasteiger partial charge in [0.15, 0.2) is 17.7 Å². The standard InChI is InChI=1S/C27H35NO8/c1-16(2)22-15-35-27(34)28(22)26(33)18(4)25(36-19(5)30)24(32)14-21(23(31)11-6-7-12-29)20-10-8-9-17(3)13-20/h8-10,13-14,16,18,22,25,29H,6-7,11-12,15H2,1-5H3/t18-,22+,25-/m0/s1. The van der Waals surface area contributed by atoms with E-state index in [-0.39, 0.29) is 36.9 Å². The predicted molar refractivity (Wildman–Crippen MR) is 132 cm³/mol. The number of carbonyl (C=O) groups excluding carboxylic acids is 5. The van der Waals surface area contributed by atoms with Crippen LogP contribution in [-0.2, 0) is 28.7 Å². The molecule has 0 radical (unpaired) electrons. The number of allylic oxidation sites excluding steroid dienone is 1. The summed E-state index contributed by atoms with van der Waals surface area (Å²) in [4.78, 5) is 64.8. The summed E-state index contributed by atoms with van der Waals surface area (Å²) < 4.78 is 10.3. The van der Waals surface area contributed by atoms with E-state index in [4.69, 9.17) is 14.6 Å².